The van der Waals surface area contributed by atoms with Gasteiger partial charge >= 0.3 is 0 Å². The van der Waals surface area contributed by atoms with Crippen LogP contribution < -0.4 is 5.32 Å². The summed E-state index contributed by atoms with van der Waals surface area (Å²) in [5.74, 6) is 0.0492. The minimum absolute atomic E-state index is 0.0492. The smallest absolute Gasteiger partial charge is 0.220 e. The number of rotatable bonds is 6. The van der Waals surface area contributed by atoms with E-state index in [1.165, 1.54) is 17.3 Å². The Kier molecular flexibility index (Phi) is 4.70. The summed E-state index contributed by atoms with van der Waals surface area (Å²) in [6, 6.07) is 16.0. The highest BCUT2D eigenvalue weighted by Gasteiger charge is 2.11. The van der Waals surface area contributed by atoms with Gasteiger partial charge in [0, 0.05) is 23.5 Å². The van der Waals surface area contributed by atoms with Crippen molar-refractivity contribution >= 4 is 16.8 Å². The van der Waals surface area contributed by atoms with Crippen molar-refractivity contribution in [2.24, 2.45) is 0 Å². The van der Waals surface area contributed by atoms with Gasteiger partial charge in [0.15, 0.2) is 0 Å². The number of amides is 1. The Hall–Kier alpha value is -3.41. The molecule has 0 saturated heterocycles. The van der Waals surface area contributed by atoms with Crippen LogP contribution in [-0.4, -0.2) is 25.7 Å². The molecule has 1 atom stereocenters. The summed E-state index contributed by atoms with van der Waals surface area (Å²) in [5.41, 5.74) is 4.27. The molecule has 0 bridgehead atoms. The number of aromatic amines is 1. The maximum absolute atomic E-state index is 12.4. The Morgan fingerprint density at radius 3 is 2.78 bits per heavy atom. The number of para-hydroxylation sites is 1. The van der Waals surface area contributed by atoms with Crippen molar-refractivity contribution in [3.05, 3.63) is 78.5 Å². The Morgan fingerprint density at radius 2 is 2.00 bits per heavy atom. The Bertz CT molecular complexity index is 1030. The van der Waals surface area contributed by atoms with E-state index < -0.39 is 0 Å². The van der Waals surface area contributed by atoms with Gasteiger partial charge in [0.25, 0.3) is 0 Å². The van der Waals surface area contributed by atoms with E-state index in [2.05, 4.69) is 26.4 Å². The quantitative estimate of drug-likeness (QED) is 0.553. The average Bonchev–Trinajstić information content (AvgIpc) is 3.37. The van der Waals surface area contributed by atoms with E-state index in [0.717, 1.165) is 16.8 Å². The first kappa shape index (κ1) is 17.0. The van der Waals surface area contributed by atoms with Gasteiger partial charge in [-0.2, -0.15) is 5.10 Å². The van der Waals surface area contributed by atoms with Gasteiger partial charge in [-0.25, -0.2) is 9.67 Å². The number of carbonyl (C=O) groups is 1. The second-order valence-electron chi connectivity index (χ2n) is 6.58. The third-order valence-electron chi connectivity index (χ3n) is 4.75. The molecule has 0 radical (unpaired) electrons. The molecule has 136 valence electrons. The maximum atomic E-state index is 12.4. The number of aromatic nitrogens is 4. The molecule has 2 heterocycles. The Morgan fingerprint density at radius 1 is 1.19 bits per heavy atom. The van der Waals surface area contributed by atoms with E-state index in [1.807, 2.05) is 55.6 Å². The number of hydrogen-bond donors (Lipinski definition) is 2. The fraction of sp³-hybridized carbons (Fsp3) is 0.190. The van der Waals surface area contributed by atoms with Gasteiger partial charge in [-0.15, -0.1) is 0 Å². The van der Waals surface area contributed by atoms with E-state index in [4.69, 9.17) is 0 Å². The fourth-order valence-corrected chi connectivity index (χ4v) is 3.24. The van der Waals surface area contributed by atoms with Gasteiger partial charge in [0.1, 0.15) is 12.7 Å². The van der Waals surface area contributed by atoms with Crippen molar-refractivity contribution in [3.8, 4) is 5.69 Å². The molecule has 27 heavy (non-hydrogen) atoms. The van der Waals surface area contributed by atoms with Crippen LogP contribution in [0.5, 0.6) is 0 Å². The van der Waals surface area contributed by atoms with Crippen LogP contribution in [0, 0.1) is 0 Å². The van der Waals surface area contributed by atoms with Crippen LogP contribution in [0.25, 0.3) is 16.6 Å². The molecule has 0 unspecified atom stereocenters. The average molecular weight is 359 g/mol. The fourth-order valence-electron chi connectivity index (χ4n) is 3.24. The van der Waals surface area contributed by atoms with Gasteiger partial charge < -0.3 is 10.3 Å². The molecule has 6 heteroatoms. The van der Waals surface area contributed by atoms with E-state index in [0.29, 0.717) is 12.8 Å². The maximum Gasteiger partial charge on any atom is 0.220 e. The molecular weight excluding hydrogens is 338 g/mol. The Balaban J connectivity index is 1.35. The second kappa shape index (κ2) is 7.45. The van der Waals surface area contributed by atoms with Crippen LogP contribution in [0.15, 0.2) is 67.4 Å². The molecule has 6 nitrogen and oxygen atoms in total. The lowest BCUT2D eigenvalue weighted by Gasteiger charge is -2.15. The van der Waals surface area contributed by atoms with Crippen molar-refractivity contribution < 1.29 is 4.79 Å². The number of fused-ring (bicyclic) bond motifs is 1. The first-order chi connectivity index (χ1) is 13.2. The highest BCUT2D eigenvalue weighted by molar-refractivity contribution is 5.84. The lowest BCUT2D eigenvalue weighted by atomic mass is 10.1. The molecule has 0 saturated carbocycles. The van der Waals surface area contributed by atoms with Crippen molar-refractivity contribution in [1.29, 1.82) is 0 Å². The number of nitrogens with one attached hydrogen (secondary N) is 2. The summed E-state index contributed by atoms with van der Waals surface area (Å²) in [5, 5.41) is 8.37. The van der Waals surface area contributed by atoms with Crippen LogP contribution in [0.1, 0.15) is 30.5 Å². The first-order valence-corrected chi connectivity index (χ1v) is 9.00. The summed E-state index contributed by atoms with van der Waals surface area (Å²) in [7, 11) is 0. The second-order valence-corrected chi connectivity index (χ2v) is 6.58. The van der Waals surface area contributed by atoms with Gasteiger partial charge in [-0.3, -0.25) is 4.79 Å². The predicted molar refractivity (Wildman–Crippen MR) is 105 cm³/mol. The highest BCUT2D eigenvalue weighted by Crippen LogP contribution is 2.19. The van der Waals surface area contributed by atoms with E-state index >= 15 is 0 Å². The molecule has 2 N–H and O–H groups in total. The molecule has 1 amide bonds. The van der Waals surface area contributed by atoms with Crippen LogP contribution >= 0.6 is 0 Å². The van der Waals surface area contributed by atoms with Crippen LogP contribution in [0.3, 0.4) is 0 Å². The lowest BCUT2D eigenvalue weighted by molar-refractivity contribution is -0.121. The number of benzene rings is 2. The molecule has 4 aromatic rings. The molecule has 0 aliphatic carbocycles. The van der Waals surface area contributed by atoms with Crippen molar-refractivity contribution in [1.82, 2.24) is 25.1 Å². The number of carbonyl (C=O) groups excluding carboxylic acids is 1. The van der Waals surface area contributed by atoms with E-state index in [9.17, 15) is 4.79 Å². The van der Waals surface area contributed by atoms with Crippen molar-refractivity contribution in [3.63, 3.8) is 0 Å². The monoisotopic (exact) mass is 359 g/mol. The van der Waals surface area contributed by atoms with Gasteiger partial charge in [0.2, 0.25) is 5.91 Å². The molecule has 2 aromatic carbocycles. The van der Waals surface area contributed by atoms with Gasteiger partial charge in [0.05, 0.1) is 11.7 Å². The molecular formula is C21H21N5O. The number of hydrogen-bond acceptors (Lipinski definition) is 3. The number of aryl methyl sites for hydroxylation is 1. The van der Waals surface area contributed by atoms with E-state index in [-0.39, 0.29) is 11.9 Å². The normalized spacial score (nSPS) is 12.2. The molecule has 0 aliphatic heterocycles. The van der Waals surface area contributed by atoms with Crippen LogP contribution in [0.4, 0.5) is 0 Å². The lowest BCUT2D eigenvalue weighted by Crippen LogP contribution is -2.26. The summed E-state index contributed by atoms with van der Waals surface area (Å²) >= 11 is 0. The first-order valence-electron chi connectivity index (χ1n) is 9.00. The third-order valence-corrected chi connectivity index (χ3v) is 4.75. The largest absolute Gasteiger partial charge is 0.361 e. The molecule has 0 fully saturated rings. The third kappa shape index (κ3) is 3.74. The topological polar surface area (TPSA) is 75.6 Å². The van der Waals surface area contributed by atoms with Crippen molar-refractivity contribution in [2.45, 2.75) is 25.8 Å². The van der Waals surface area contributed by atoms with Gasteiger partial charge in [-0.05, 0) is 42.7 Å². The van der Waals surface area contributed by atoms with E-state index in [1.54, 1.807) is 11.0 Å². The van der Waals surface area contributed by atoms with Crippen LogP contribution in [-0.2, 0) is 11.2 Å². The predicted octanol–water partition coefficient (Wildman–Crippen LogP) is 3.56. The standard InChI is InChI=1S/C21H21N5O/c1-15(16-6-9-18(10-7-16)26-14-22-13-24-26)25-21(27)11-8-17-12-23-20-5-3-2-4-19(17)20/h2-7,9-10,12-15,23H,8,11H2,1H3,(H,25,27)/t15-/m1/s1. The summed E-state index contributed by atoms with van der Waals surface area (Å²) in [4.78, 5) is 19.6. The minimum Gasteiger partial charge on any atom is -0.361 e. The number of H-pyrrole nitrogens is 1. The zero-order valence-electron chi connectivity index (χ0n) is 15.1. The Labute approximate surface area is 157 Å². The molecule has 0 spiro atoms. The number of nitrogens with zero attached hydrogens (tertiary/aromatic N) is 3. The summed E-state index contributed by atoms with van der Waals surface area (Å²) in [6.07, 6.45) is 6.33. The molecule has 0 aliphatic rings. The zero-order chi connectivity index (χ0) is 18.6. The summed E-state index contributed by atoms with van der Waals surface area (Å²) in [6.45, 7) is 1.99. The molecule has 4 rings (SSSR count). The minimum atomic E-state index is -0.0507. The SMILES string of the molecule is C[C@@H](NC(=O)CCc1c[nH]c2ccccc12)c1ccc(-n2cncn2)cc1. The summed E-state index contributed by atoms with van der Waals surface area (Å²) < 4.78 is 1.70. The van der Waals surface area contributed by atoms with Crippen LogP contribution in [0.2, 0.25) is 0 Å². The van der Waals surface area contributed by atoms with Gasteiger partial charge in [-0.1, -0.05) is 30.3 Å². The highest BCUT2D eigenvalue weighted by atomic mass is 16.1. The zero-order valence-corrected chi connectivity index (χ0v) is 15.1. The molecule has 2 aromatic heterocycles. The van der Waals surface area contributed by atoms with Crippen molar-refractivity contribution in [2.75, 3.05) is 0 Å².